The molecule has 0 aliphatic carbocycles. The highest BCUT2D eigenvalue weighted by Gasteiger charge is 2.13. The largest absolute Gasteiger partial charge is 0.462 e. The van der Waals surface area contributed by atoms with Crippen LogP contribution in [0.3, 0.4) is 0 Å². The van der Waals surface area contributed by atoms with Crippen LogP contribution in [0.4, 0.5) is 0 Å². The van der Waals surface area contributed by atoms with Gasteiger partial charge >= 0.3 is 5.97 Å². The summed E-state index contributed by atoms with van der Waals surface area (Å²) in [6.07, 6.45) is 39.4. The molecule has 0 atom stereocenters. The summed E-state index contributed by atoms with van der Waals surface area (Å²) in [5.41, 5.74) is 0. The number of Topliss-reactive ketones (excluding diaryl/α,β-unsaturated/α-hetero) is 2. The Balaban J connectivity index is 3.83. The summed E-state index contributed by atoms with van der Waals surface area (Å²) in [6, 6.07) is 0. The highest BCUT2D eigenvalue weighted by Crippen LogP contribution is 2.18. The highest BCUT2D eigenvalue weighted by atomic mass is 16.5. The number of carbonyl (C=O) groups is 3. The number of ether oxygens (including phenoxy) is 1. The molecule has 4 heteroatoms. The molecule has 0 bridgehead atoms. The van der Waals surface area contributed by atoms with Crippen molar-refractivity contribution < 1.29 is 19.1 Å². The molecule has 0 N–H and O–H groups in total. The topological polar surface area (TPSA) is 60.4 Å². The zero-order valence-electron chi connectivity index (χ0n) is 29.5. The fraction of sp³-hybridized carbons (Fsp3) is 0.825. The van der Waals surface area contributed by atoms with Gasteiger partial charge in [-0.15, -0.1) is 0 Å². The Morgan fingerprint density at radius 3 is 1.27 bits per heavy atom. The third kappa shape index (κ3) is 31.7. The van der Waals surface area contributed by atoms with E-state index in [1.54, 1.807) is 0 Å². The smallest absolute Gasteiger partial charge is 0.305 e. The number of carbonyl (C=O) groups excluding carboxylic acids is 3. The van der Waals surface area contributed by atoms with Crippen molar-refractivity contribution >= 4 is 17.5 Å². The summed E-state index contributed by atoms with van der Waals surface area (Å²) < 4.78 is 5.74. The number of esters is 1. The van der Waals surface area contributed by atoms with E-state index in [9.17, 15) is 14.4 Å². The second-order valence-electron chi connectivity index (χ2n) is 12.9. The second kappa shape index (κ2) is 34.2. The van der Waals surface area contributed by atoms with Crippen molar-refractivity contribution in [3.63, 3.8) is 0 Å². The quantitative estimate of drug-likeness (QED) is 0.0410. The van der Waals surface area contributed by atoms with Crippen LogP contribution in [-0.4, -0.2) is 23.6 Å². The van der Waals surface area contributed by atoms with Crippen LogP contribution in [0.5, 0.6) is 0 Å². The van der Waals surface area contributed by atoms with Gasteiger partial charge in [-0.1, -0.05) is 122 Å². The number of hydrogen-bond donors (Lipinski definition) is 0. The van der Waals surface area contributed by atoms with E-state index in [0.717, 1.165) is 103 Å². The van der Waals surface area contributed by atoms with Crippen molar-refractivity contribution in [2.75, 3.05) is 0 Å². The monoisotopic (exact) mass is 617 g/mol. The molecule has 0 amide bonds. The molecule has 0 spiro atoms. The number of ketones is 2. The zero-order chi connectivity index (χ0) is 32.4. The van der Waals surface area contributed by atoms with Crippen molar-refractivity contribution in [2.45, 2.75) is 213 Å². The van der Waals surface area contributed by atoms with Gasteiger partial charge in [0, 0.05) is 32.1 Å². The van der Waals surface area contributed by atoms with E-state index >= 15 is 0 Å². The van der Waals surface area contributed by atoms with Crippen molar-refractivity contribution in [1.29, 1.82) is 0 Å². The van der Waals surface area contributed by atoms with E-state index in [1.165, 1.54) is 51.4 Å². The van der Waals surface area contributed by atoms with Gasteiger partial charge in [-0.3, -0.25) is 14.4 Å². The fourth-order valence-electron chi connectivity index (χ4n) is 5.57. The van der Waals surface area contributed by atoms with E-state index < -0.39 is 0 Å². The van der Waals surface area contributed by atoms with Crippen molar-refractivity contribution in [3.8, 4) is 0 Å². The number of unbranched alkanes of at least 4 members (excludes halogenated alkanes) is 16. The Kier molecular flexibility index (Phi) is 32.8. The van der Waals surface area contributed by atoms with Gasteiger partial charge in [0.05, 0.1) is 0 Å². The van der Waals surface area contributed by atoms with Crippen LogP contribution >= 0.6 is 0 Å². The molecular weight excluding hydrogens is 544 g/mol. The molecule has 0 heterocycles. The summed E-state index contributed by atoms with van der Waals surface area (Å²) in [5, 5.41) is 0. The zero-order valence-corrected chi connectivity index (χ0v) is 29.5. The molecule has 0 aliphatic heterocycles. The minimum Gasteiger partial charge on any atom is -0.462 e. The fourth-order valence-corrected chi connectivity index (χ4v) is 5.57. The Bertz CT molecular complexity index is 671. The van der Waals surface area contributed by atoms with Gasteiger partial charge in [-0.25, -0.2) is 0 Å². The lowest BCUT2D eigenvalue weighted by molar-refractivity contribution is -0.149. The first-order valence-electron chi connectivity index (χ1n) is 19.1. The normalized spacial score (nSPS) is 11.7. The first-order valence-corrected chi connectivity index (χ1v) is 19.1. The Hall–Kier alpha value is -1.71. The predicted molar refractivity (Wildman–Crippen MR) is 189 cm³/mol. The summed E-state index contributed by atoms with van der Waals surface area (Å²) in [4.78, 5) is 36.2. The number of hydrogen-bond acceptors (Lipinski definition) is 4. The Morgan fingerprint density at radius 2 is 0.841 bits per heavy atom. The van der Waals surface area contributed by atoms with Crippen LogP contribution in [-0.2, 0) is 19.1 Å². The molecule has 0 aliphatic rings. The van der Waals surface area contributed by atoms with E-state index in [0.29, 0.717) is 43.7 Å². The van der Waals surface area contributed by atoms with Gasteiger partial charge in [0.2, 0.25) is 0 Å². The molecule has 0 aromatic heterocycles. The minimum absolute atomic E-state index is 0.0324. The average Bonchev–Trinajstić information content (AvgIpc) is 3.02. The molecule has 0 aromatic rings. The summed E-state index contributed by atoms with van der Waals surface area (Å²) in [5.74, 6) is 0.703. The van der Waals surface area contributed by atoms with Crippen LogP contribution in [0, 0.1) is 0 Å². The standard InChI is InChI=1S/C40H72O4/c1-4-7-9-11-13-15-19-25-31-37(41)33-27-21-17-23-29-35-39(44-40(43)6-3)36-30-24-18-22-28-34-38(42)32-26-20-16-14-12-10-8-5-2/h15-16,19-20,39H,4-14,17-18,21-36H2,1-3H3/b19-15-,20-16-. The van der Waals surface area contributed by atoms with Gasteiger partial charge in [0.25, 0.3) is 0 Å². The third-order valence-corrected chi connectivity index (χ3v) is 8.51. The lowest BCUT2D eigenvalue weighted by atomic mass is 10.0. The maximum Gasteiger partial charge on any atom is 0.305 e. The van der Waals surface area contributed by atoms with E-state index in [1.807, 2.05) is 6.92 Å². The van der Waals surface area contributed by atoms with Gasteiger partial charge in [-0.2, -0.15) is 0 Å². The maximum absolute atomic E-state index is 12.1. The second-order valence-corrected chi connectivity index (χ2v) is 12.9. The predicted octanol–water partition coefficient (Wildman–Crippen LogP) is 12.5. The van der Waals surface area contributed by atoms with Gasteiger partial charge in [0.15, 0.2) is 0 Å². The van der Waals surface area contributed by atoms with Gasteiger partial charge < -0.3 is 4.74 Å². The molecule has 0 rings (SSSR count). The van der Waals surface area contributed by atoms with Crippen molar-refractivity contribution in [2.24, 2.45) is 0 Å². The van der Waals surface area contributed by atoms with Crippen LogP contribution in [0.2, 0.25) is 0 Å². The van der Waals surface area contributed by atoms with E-state index in [-0.39, 0.29) is 12.1 Å². The Labute approximate surface area is 273 Å². The summed E-state index contributed by atoms with van der Waals surface area (Å²) in [7, 11) is 0. The van der Waals surface area contributed by atoms with E-state index in [4.69, 9.17) is 4.74 Å². The molecule has 0 saturated carbocycles. The lowest BCUT2D eigenvalue weighted by Crippen LogP contribution is -2.17. The molecule has 0 aromatic carbocycles. The molecule has 0 unspecified atom stereocenters. The molecule has 0 fully saturated rings. The lowest BCUT2D eigenvalue weighted by Gasteiger charge is -2.17. The minimum atomic E-state index is -0.0929. The maximum atomic E-state index is 12.1. The molecule has 4 nitrogen and oxygen atoms in total. The Morgan fingerprint density at radius 1 is 0.455 bits per heavy atom. The number of rotatable bonds is 34. The van der Waals surface area contributed by atoms with Crippen LogP contribution in [0.1, 0.15) is 207 Å². The molecular formula is C40H72O4. The average molecular weight is 617 g/mol. The van der Waals surface area contributed by atoms with Crippen LogP contribution in [0.15, 0.2) is 24.3 Å². The van der Waals surface area contributed by atoms with Crippen LogP contribution in [0.25, 0.3) is 0 Å². The number of allylic oxidation sites excluding steroid dienone is 4. The molecule has 0 saturated heterocycles. The van der Waals surface area contributed by atoms with Gasteiger partial charge in [-0.05, 0) is 77.0 Å². The van der Waals surface area contributed by atoms with Crippen LogP contribution < -0.4 is 0 Å². The van der Waals surface area contributed by atoms with Gasteiger partial charge in [0.1, 0.15) is 17.7 Å². The third-order valence-electron chi connectivity index (χ3n) is 8.51. The molecule has 44 heavy (non-hydrogen) atoms. The van der Waals surface area contributed by atoms with Crippen molar-refractivity contribution in [3.05, 3.63) is 24.3 Å². The highest BCUT2D eigenvalue weighted by molar-refractivity contribution is 5.78. The summed E-state index contributed by atoms with van der Waals surface area (Å²) in [6.45, 7) is 6.33. The van der Waals surface area contributed by atoms with E-state index in [2.05, 4.69) is 38.2 Å². The molecule has 256 valence electrons. The van der Waals surface area contributed by atoms with Crippen molar-refractivity contribution in [1.82, 2.24) is 0 Å². The first-order chi connectivity index (χ1) is 21.5. The molecule has 0 radical (unpaired) electrons. The summed E-state index contributed by atoms with van der Waals surface area (Å²) >= 11 is 0. The first kappa shape index (κ1) is 42.3. The SMILES string of the molecule is CCCCCC/C=C\CCC(=O)CCCCCCCC(CCCCCCCC(=O)CC/C=C\CCCCCC)OC(=O)CC.